The predicted molar refractivity (Wildman–Crippen MR) is 60.6 cm³/mol. The van der Waals surface area contributed by atoms with Gasteiger partial charge in [0.25, 0.3) is 0 Å². The number of hydrogen-bond acceptors (Lipinski definition) is 3. The van der Waals surface area contributed by atoms with E-state index in [9.17, 15) is 4.79 Å². The minimum atomic E-state index is -0.286. The van der Waals surface area contributed by atoms with Crippen molar-refractivity contribution in [3.05, 3.63) is 12.2 Å². The van der Waals surface area contributed by atoms with Crippen molar-refractivity contribution in [2.24, 2.45) is 0 Å². The number of hydrogen-bond donors (Lipinski definition) is 1. The summed E-state index contributed by atoms with van der Waals surface area (Å²) in [5.74, 6) is -0.286. The van der Waals surface area contributed by atoms with Crippen LogP contribution in [0.1, 0.15) is 39.5 Å². The summed E-state index contributed by atoms with van der Waals surface area (Å²) < 4.78 is 4.87. The molecule has 0 bridgehead atoms. The van der Waals surface area contributed by atoms with Crippen LogP contribution in [-0.4, -0.2) is 24.7 Å². The van der Waals surface area contributed by atoms with Crippen LogP contribution in [0.4, 0.5) is 0 Å². The fourth-order valence-electron chi connectivity index (χ4n) is 1.96. The number of esters is 1. The third-order valence-electron chi connectivity index (χ3n) is 3.00. The van der Waals surface area contributed by atoms with Gasteiger partial charge in [-0.2, -0.15) is 0 Å². The van der Waals surface area contributed by atoms with Crippen LogP contribution in [0.15, 0.2) is 12.2 Å². The number of rotatable bonds is 5. The van der Waals surface area contributed by atoms with Crippen molar-refractivity contribution in [1.29, 1.82) is 0 Å². The van der Waals surface area contributed by atoms with Gasteiger partial charge in [0.05, 0.1) is 6.61 Å². The van der Waals surface area contributed by atoms with Gasteiger partial charge in [-0.15, -0.1) is 0 Å². The Morgan fingerprint density at radius 3 is 2.60 bits per heavy atom. The molecule has 3 heteroatoms. The highest BCUT2D eigenvalue weighted by molar-refractivity contribution is 5.88. The Kier molecular flexibility index (Phi) is 4.33. The largest absolute Gasteiger partial charge is 0.463 e. The lowest BCUT2D eigenvalue weighted by Crippen LogP contribution is -2.41. The van der Waals surface area contributed by atoms with E-state index in [4.69, 9.17) is 4.74 Å². The van der Waals surface area contributed by atoms with Gasteiger partial charge in [-0.1, -0.05) is 19.4 Å². The fraction of sp³-hybridized carbons (Fsp3) is 0.750. The van der Waals surface area contributed by atoms with E-state index in [0.717, 1.165) is 0 Å². The molecule has 1 saturated carbocycles. The maximum atomic E-state index is 11.3. The number of nitrogens with one attached hydrogen (secondary N) is 1. The maximum absolute atomic E-state index is 11.3. The van der Waals surface area contributed by atoms with E-state index in [-0.39, 0.29) is 11.5 Å². The fourth-order valence-corrected chi connectivity index (χ4v) is 1.96. The summed E-state index contributed by atoms with van der Waals surface area (Å²) in [5.41, 5.74) is 0.708. The van der Waals surface area contributed by atoms with E-state index in [1.54, 1.807) is 6.92 Å². The monoisotopic (exact) mass is 211 g/mol. The summed E-state index contributed by atoms with van der Waals surface area (Å²) in [7, 11) is 0. The Balaban J connectivity index is 2.30. The quantitative estimate of drug-likeness (QED) is 0.558. The van der Waals surface area contributed by atoms with Crippen molar-refractivity contribution in [3.8, 4) is 0 Å². The average molecular weight is 211 g/mol. The first-order chi connectivity index (χ1) is 7.07. The summed E-state index contributed by atoms with van der Waals surface area (Å²) in [6, 6.07) is 0. The zero-order valence-corrected chi connectivity index (χ0v) is 9.77. The molecular weight excluding hydrogens is 190 g/mol. The van der Waals surface area contributed by atoms with Crippen molar-refractivity contribution in [2.75, 3.05) is 13.2 Å². The van der Waals surface area contributed by atoms with E-state index in [1.165, 1.54) is 25.7 Å². The molecule has 86 valence electrons. The van der Waals surface area contributed by atoms with Crippen LogP contribution in [0.3, 0.4) is 0 Å². The van der Waals surface area contributed by atoms with Gasteiger partial charge in [-0.25, -0.2) is 4.79 Å². The first-order valence-electron chi connectivity index (χ1n) is 5.67. The Hall–Kier alpha value is -0.830. The van der Waals surface area contributed by atoms with Crippen LogP contribution < -0.4 is 5.32 Å². The molecule has 1 aliphatic carbocycles. The second-order valence-corrected chi connectivity index (χ2v) is 4.45. The molecule has 0 aromatic heterocycles. The van der Waals surface area contributed by atoms with Crippen LogP contribution >= 0.6 is 0 Å². The molecule has 1 rings (SSSR count). The summed E-state index contributed by atoms with van der Waals surface area (Å²) in [4.78, 5) is 11.3. The molecule has 15 heavy (non-hydrogen) atoms. The minimum Gasteiger partial charge on any atom is -0.463 e. The SMILES string of the molecule is C=C(CNC1(C)CCCC1)C(=O)OCC. The first-order valence-corrected chi connectivity index (χ1v) is 5.67. The molecule has 3 nitrogen and oxygen atoms in total. The summed E-state index contributed by atoms with van der Waals surface area (Å²) in [6.45, 7) is 8.69. The second-order valence-electron chi connectivity index (χ2n) is 4.45. The Morgan fingerprint density at radius 1 is 1.47 bits per heavy atom. The van der Waals surface area contributed by atoms with Crippen LogP contribution in [0.5, 0.6) is 0 Å². The van der Waals surface area contributed by atoms with E-state index < -0.39 is 0 Å². The van der Waals surface area contributed by atoms with Crippen LogP contribution in [0, 0.1) is 0 Å². The van der Waals surface area contributed by atoms with Crippen molar-refractivity contribution in [3.63, 3.8) is 0 Å². The molecule has 0 aliphatic heterocycles. The van der Waals surface area contributed by atoms with Gasteiger partial charge in [0.2, 0.25) is 0 Å². The summed E-state index contributed by atoms with van der Waals surface area (Å²) in [6.07, 6.45) is 4.91. The van der Waals surface area contributed by atoms with Crippen LogP contribution in [-0.2, 0) is 9.53 Å². The molecule has 0 spiro atoms. The van der Waals surface area contributed by atoms with Crippen LogP contribution in [0.2, 0.25) is 0 Å². The number of carbonyl (C=O) groups excluding carboxylic acids is 1. The van der Waals surface area contributed by atoms with E-state index >= 15 is 0 Å². The van der Waals surface area contributed by atoms with E-state index in [2.05, 4.69) is 18.8 Å². The Morgan fingerprint density at radius 2 is 2.07 bits per heavy atom. The third-order valence-corrected chi connectivity index (χ3v) is 3.00. The third kappa shape index (κ3) is 3.67. The Labute approximate surface area is 91.9 Å². The molecule has 1 N–H and O–H groups in total. The van der Waals surface area contributed by atoms with Gasteiger partial charge in [0, 0.05) is 17.7 Å². The highest BCUT2D eigenvalue weighted by Crippen LogP contribution is 2.28. The van der Waals surface area contributed by atoms with Gasteiger partial charge in [0.1, 0.15) is 0 Å². The number of carbonyl (C=O) groups is 1. The van der Waals surface area contributed by atoms with Gasteiger partial charge in [-0.3, -0.25) is 0 Å². The van der Waals surface area contributed by atoms with E-state index in [1.807, 2.05) is 0 Å². The van der Waals surface area contributed by atoms with Crippen molar-refractivity contribution >= 4 is 5.97 Å². The first kappa shape index (κ1) is 12.2. The zero-order chi connectivity index (χ0) is 11.3. The molecule has 0 heterocycles. The topological polar surface area (TPSA) is 38.3 Å². The lowest BCUT2D eigenvalue weighted by atomic mass is 10.0. The molecule has 0 aromatic rings. The molecule has 0 aromatic carbocycles. The molecule has 0 amide bonds. The molecule has 1 aliphatic rings. The second kappa shape index (κ2) is 5.31. The summed E-state index contributed by atoms with van der Waals surface area (Å²) >= 11 is 0. The zero-order valence-electron chi connectivity index (χ0n) is 9.77. The molecule has 0 saturated heterocycles. The van der Waals surface area contributed by atoms with Crippen molar-refractivity contribution < 1.29 is 9.53 Å². The van der Waals surface area contributed by atoms with Gasteiger partial charge in [0.15, 0.2) is 0 Å². The summed E-state index contributed by atoms with van der Waals surface area (Å²) in [5, 5.41) is 3.40. The van der Waals surface area contributed by atoms with E-state index in [0.29, 0.717) is 18.7 Å². The molecule has 0 unspecified atom stereocenters. The highest BCUT2D eigenvalue weighted by atomic mass is 16.5. The highest BCUT2D eigenvalue weighted by Gasteiger charge is 2.28. The smallest absolute Gasteiger partial charge is 0.334 e. The lowest BCUT2D eigenvalue weighted by Gasteiger charge is -2.25. The van der Waals surface area contributed by atoms with Gasteiger partial charge in [-0.05, 0) is 26.7 Å². The Bertz CT molecular complexity index is 242. The standard InChI is InChI=1S/C12H21NO2/c1-4-15-11(14)10(2)9-13-12(3)7-5-6-8-12/h13H,2,4-9H2,1,3H3. The maximum Gasteiger partial charge on any atom is 0.334 e. The predicted octanol–water partition coefficient (Wildman–Crippen LogP) is 2.03. The number of ether oxygens (including phenoxy) is 1. The normalized spacial score (nSPS) is 18.8. The average Bonchev–Trinajstić information content (AvgIpc) is 2.63. The molecular formula is C12H21NO2. The van der Waals surface area contributed by atoms with Gasteiger partial charge < -0.3 is 10.1 Å². The minimum absolute atomic E-state index is 0.190. The molecule has 1 fully saturated rings. The van der Waals surface area contributed by atoms with Gasteiger partial charge >= 0.3 is 5.97 Å². The van der Waals surface area contributed by atoms with Crippen molar-refractivity contribution in [2.45, 2.75) is 45.1 Å². The molecule has 0 atom stereocenters. The molecule has 0 radical (unpaired) electrons. The van der Waals surface area contributed by atoms with Crippen molar-refractivity contribution in [1.82, 2.24) is 5.32 Å². The lowest BCUT2D eigenvalue weighted by molar-refractivity contribution is -0.138. The van der Waals surface area contributed by atoms with Crippen LogP contribution in [0.25, 0.3) is 0 Å².